The number of ether oxygens (including phenoxy) is 1. The molecule has 0 aromatic carbocycles. The van der Waals surface area contributed by atoms with Crippen LogP contribution >= 0.6 is 0 Å². The zero-order chi connectivity index (χ0) is 8.69. The number of carboxylic acids is 1. The highest BCUT2D eigenvalue weighted by Crippen LogP contribution is 1.96. The molecule has 64 valence electrons. The largest absolute Gasteiger partial charge is 0.481 e. The topological polar surface area (TPSA) is 63.6 Å². The van der Waals surface area contributed by atoms with E-state index in [-0.39, 0.29) is 18.8 Å². The third-order valence-corrected chi connectivity index (χ3v) is 1.08. The first kappa shape index (κ1) is 9.94. The van der Waals surface area contributed by atoms with Gasteiger partial charge in [-0.15, -0.1) is 0 Å². The van der Waals surface area contributed by atoms with Crippen LogP contribution in [0.15, 0.2) is 0 Å². The normalized spacial score (nSPS) is 9.18. The minimum atomic E-state index is -0.880. The first-order chi connectivity index (χ1) is 5.16. The number of esters is 1. The Morgan fingerprint density at radius 2 is 2.00 bits per heavy atom. The van der Waals surface area contributed by atoms with Gasteiger partial charge in [0.05, 0.1) is 6.61 Å². The highest BCUT2D eigenvalue weighted by molar-refractivity contribution is 5.71. The molecule has 1 N–H and O–H groups in total. The van der Waals surface area contributed by atoms with Crippen molar-refractivity contribution in [1.29, 1.82) is 0 Å². The Bertz CT molecular complexity index is 141. The van der Waals surface area contributed by atoms with Crippen LogP contribution < -0.4 is 0 Å². The molecule has 0 saturated heterocycles. The standard InChI is InChI=1S/C7H12O4/c1-2-11-7(10)5-3-4-6(8)9/h2-5H2,1H3,(H,8,9). The molecule has 0 aliphatic heterocycles. The molecule has 0 amide bonds. The van der Waals surface area contributed by atoms with Gasteiger partial charge in [0.2, 0.25) is 0 Å². The number of rotatable bonds is 5. The number of hydrogen-bond acceptors (Lipinski definition) is 3. The predicted octanol–water partition coefficient (Wildman–Crippen LogP) is 0.804. The highest BCUT2D eigenvalue weighted by atomic mass is 16.5. The van der Waals surface area contributed by atoms with Gasteiger partial charge in [0, 0.05) is 12.8 Å². The number of carbonyl (C=O) groups is 2. The number of hydrogen-bond donors (Lipinski definition) is 1. The number of carbonyl (C=O) groups excluding carboxylic acids is 1. The van der Waals surface area contributed by atoms with E-state index in [1.54, 1.807) is 6.92 Å². The van der Waals surface area contributed by atoms with Gasteiger partial charge >= 0.3 is 11.9 Å². The summed E-state index contributed by atoms with van der Waals surface area (Å²) in [4.78, 5) is 20.6. The second-order valence-electron chi connectivity index (χ2n) is 2.05. The van der Waals surface area contributed by atoms with Crippen LogP contribution in [0.5, 0.6) is 0 Å². The summed E-state index contributed by atoms with van der Waals surface area (Å²) >= 11 is 0. The van der Waals surface area contributed by atoms with Gasteiger partial charge in [-0.2, -0.15) is 0 Å². The van der Waals surface area contributed by atoms with Gasteiger partial charge in [-0.1, -0.05) is 0 Å². The Hall–Kier alpha value is -1.06. The van der Waals surface area contributed by atoms with Gasteiger partial charge < -0.3 is 9.84 Å². The van der Waals surface area contributed by atoms with E-state index in [1.807, 2.05) is 0 Å². The van der Waals surface area contributed by atoms with Crippen LogP contribution in [0.2, 0.25) is 0 Å². The molecule has 0 unspecified atom stereocenters. The SMILES string of the molecule is CCOC(=O)CCCC(=O)O. The van der Waals surface area contributed by atoms with E-state index < -0.39 is 5.97 Å². The van der Waals surface area contributed by atoms with Gasteiger partial charge in [0.25, 0.3) is 0 Å². The number of aliphatic carboxylic acids is 1. The summed E-state index contributed by atoms with van der Waals surface area (Å²) in [5.74, 6) is -1.21. The summed E-state index contributed by atoms with van der Waals surface area (Å²) in [5, 5.41) is 8.20. The number of carboxylic acid groups (broad SMARTS) is 1. The van der Waals surface area contributed by atoms with E-state index in [1.165, 1.54) is 0 Å². The summed E-state index contributed by atoms with van der Waals surface area (Å²) in [7, 11) is 0. The van der Waals surface area contributed by atoms with Crippen LogP contribution in [0.25, 0.3) is 0 Å². The molecule has 4 heteroatoms. The Kier molecular flexibility index (Phi) is 5.15. The summed E-state index contributed by atoms with van der Waals surface area (Å²) < 4.78 is 4.59. The van der Waals surface area contributed by atoms with Gasteiger partial charge in [-0.05, 0) is 13.3 Å². The van der Waals surface area contributed by atoms with E-state index >= 15 is 0 Å². The maximum Gasteiger partial charge on any atom is 0.305 e. The van der Waals surface area contributed by atoms with E-state index in [9.17, 15) is 9.59 Å². The summed E-state index contributed by atoms with van der Waals surface area (Å²) in [6.45, 7) is 2.07. The van der Waals surface area contributed by atoms with E-state index in [0.717, 1.165) is 0 Å². The second kappa shape index (κ2) is 5.70. The van der Waals surface area contributed by atoms with Crippen molar-refractivity contribution in [2.24, 2.45) is 0 Å². The van der Waals surface area contributed by atoms with Crippen molar-refractivity contribution in [2.75, 3.05) is 6.61 Å². The quantitative estimate of drug-likeness (QED) is 0.604. The fraction of sp³-hybridized carbons (Fsp3) is 0.714. The first-order valence-corrected chi connectivity index (χ1v) is 3.54. The molecular formula is C7H12O4. The summed E-state index contributed by atoms with van der Waals surface area (Å²) in [6, 6.07) is 0. The van der Waals surface area contributed by atoms with Gasteiger partial charge in [0.15, 0.2) is 0 Å². The molecule has 0 saturated carbocycles. The molecule has 0 radical (unpaired) electrons. The van der Waals surface area contributed by atoms with Crippen molar-refractivity contribution in [3.05, 3.63) is 0 Å². The minimum absolute atomic E-state index is 0.0266. The van der Waals surface area contributed by atoms with Crippen molar-refractivity contribution in [2.45, 2.75) is 26.2 Å². The average molecular weight is 160 g/mol. The average Bonchev–Trinajstić information content (AvgIpc) is 1.87. The van der Waals surface area contributed by atoms with Crippen LogP contribution in [0.1, 0.15) is 26.2 Å². The van der Waals surface area contributed by atoms with Gasteiger partial charge in [0.1, 0.15) is 0 Å². The molecule has 0 atom stereocenters. The van der Waals surface area contributed by atoms with Gasteiger partial charge in [-0.3, -0.25) is 9.59 Å². The predicted molar refractivity (Wildman–Crippen MR) is 38.1 cm³/mol. The van der Waals surface area contributed by atoms with Crippen molar-refractivity contribution in [1.82, 2.24) is 0 Å². The molecule has 4 nitrogen and oxygen atoms in total. The van der Waals surface area contributed by atoms with Crippen LogP contribution in [0, 0.1) is 0 Å². The molecule has 11 heavy (non-hydrogen) atoms. The first-order valence-electron chi connectivity index (χ1n) is 3.54. The minimum Gasteiger partial charge on any atom is -0.481 e. The maximum absolute atomic E-state index is 10.6. The maximum atomic E-state index is 10.6. The van der Waals surface area contributed by atoms with Crippen LogP contribution in [-0.4, -0.2) is 23.7 Å². The zero-order valence-corrected chi connectivity index (χ0v) is 6.50. The van der Waals surface area contributed by atoms with Crippen LogP contribution in [0.4, 0.5) is 0 Å². The van der Waals surface area contributed by atoms with E-state index in [0.29, 0.717) is 13.0 Å². The highest BCUT2D eigenvalue weighted by Gasteiger charge is 2.02. The fourth-order valence-corrected chi connectivity index (χ4v) is 0.617. The van der Waals surface area contributed by atoms with Crippen molar-refractivity contribution in [3.8, 4) is 0 Å². The molecule has 0 aromatic heterocycles. The lowest BCUT2D eigenvalue weighted by atomic mass is 10.2. The van der Waals surface area contributed by atoms with Crippen molar-refractivity contribution in [3.63, 3.8) is 0 Å². The molecule has 0 bridgehead atoms. The molecule has 0 aliphatic carbocycles. The molecule has 0 rings (SSSR count). The monoisotopic (exact) mass is 160 g/mol. The van der Waals surface area contributed by atoms with Crippen LogP contribution in [0.3, 0.4) is 0 Å². The molecular weight excluding hydrogens is 148 g/mol. The summed E-state index contributed by atoms with van der Waals surface area (Å²) in [6.07, 6.45) is 0.577. The molecule has 0 aromatic rings. The molecule has 0 fully saturated rings. The lowest BCUT2D eigenvalue weighted by molar-refractivity contribution is -0.143. The lowest BCUT2D eigenvalue weighted by Crippen LogP contribution is -2.04. The van der Waals surface area contributed by atoms with Crippen LogP contribution in [-0.2, 0) is 14.3 Å². The van der Waals surface area contributed by atoms with Crippen molar-refractivity contribution >= 4 is 11.9 Å². The lowest BCUT2D eigenvalue weighted by Gasteiger charge is -1.98. The fourth-order valence-electron chi connectivity index (χ4n) is 0.617. The second-order valence-corrected chi connectivity index (χ2v) is 2.05. The third-order valence-electron chi connectivity index (χ3n) is 1.08. The van der Waals surface area contributed by atoms with Gasteiger partial charge in [-0.25, -0.2) is 0 Å². The Balaban J connectivity index is 3.24. The van der Waals surface area contributed by atoms with Crippen molar-refractivity contribution < 1.29 is 19.4 Å². The zero-order valence-electron chi connectivity index (χ0n) is 6.50. The Labute approximate surface area is 65.2 Å². The molecule has 0 spiro atoms. The smallest absolute Gasteiger partial charge is 0.305 e. The third kappa shape index (κ3) is 6.83. The molecule has 0 heterocycles. The van der Waals surface area contributed by atoms with E-state index in [4.69, 9.17) is 5.11 Å². The Morgan fingerprint density at radius 3 is 2.45 bits per heavy atom. The van der Waals surface area contributed by atoms with E-state index in [2.05, 4.69) is 4.74 Å². The molecule has 0 aliphatic rings. The Morgan fingerprint density at radius 1 is 1.36 bits per heavy atom. The summed E-state index contributed by atoms with van der Waals surface area (Å²) in [5.41, 5.74) is 0.